The first-order chi connectivity index (χ1) is 6.43. The maximum Gasteiger partial charge on any atom is 0.277 e. The van der Waals surface area contributed by atoms with Crippen molar-refractivity contribution < 1.29 is 30.4 Å². The predicted molar refractivity (Wildman–Crippen MR) is 54.2 cm³/mol. The first-order valence-corrected chi connectivity index (χ1v) is 4.51. The fourth-order valence-electron chi connectivity index (χ4n) is 1.01. The molecule has 0 unspecified atom stereocenters. The van der Waals surface area contributed by atoms with E-state index in [1.54, 1.807) is 45.0 Å². The van der Waals surface area contributed by atoms with Crippen LogP contribution in [0.2, 0.25) is 0 Å². The normalized spacial score (nSPS) is 10.4. The van der Waals surface area contributed by atoms with Crippen LogP contribution in [0.3, 0.4) is 0 Å². The zero-order valence-electron chi connectivity index (χ0n) is 9.01. The summed E-state index contributed by atoms with van der Waals surface area (Å²) in [6.45, 7) is 5.32. The molecule has 1 aromatic rings. The van der Waals surface area contributed by atoms with Crippen LogP contribution in [0.5, 0.6) is 0 Å². The van der Waals surface area contributed by atoms with Gasteiger partial charge in [-0.05, 0) is 32.9 Å². The van der Waals surface area contributed by atoms with Crippen LogP contribution in [0.4, 0.5) is 0 Å². The Morgan fingerprint density at radius 1 is 1.20 bits per heavy atom. The van der Waals surface area contributed by atoms with E-state index in [-0.39, 0.29) is 26.3 Å². The van der Waals surface area contributed by atoms with Crippen LogP contribution in [-0.4, -0.2) is 21.7 Å². The molecule has 0 spiro atoms. The van der Waals surface area contributed by atoms with Crippen molar-refractivity contribution in [3.8, 4) is 0 Å². The molecular formula is C11H15NO2Pd. The van der Waals surface area contributed by atoms with Crippen molar-refractivity contribution in [3.63, 3.8) is 0 Å². The number of hydrogen-bond donors (Lipinski definition) is 1. The van der Waals surface area contributed by atoms with Gasteiger partial charge in [0.15, 0.2) is 0 Å². The zero-order chi connectivity index (χ0) is 10.8. The monoisotopic (exact) mass is 299 g/mol. The van der Waals surface area contributed by atoms with Gasteiger partial charge in [-0.25, -0.2) is 5.06 Å². The molecule has 4 heteroatoms. The van der Waals surface area contributed by atoms with Gasteiger partial charge in [0, 0.05) is 26.0 Å². The van der Waals surface area contributed by atoms with Gasteiger partial charge in [0.2, 0.25) is 0 Å². The van der Waals surface area contributed by atoms with Gasteiger partial charge >= 0.3 is 0 Å². The molecule has 0 heterocycles. The van der Waals surface area contributed by atoms with E-state index in [1.807, 2.05) is 6.07 Å². The number of benzene rings is 1. The third-order valence-electron chi connectivity index (χ3n) is 1.85. The smallest absolute Gasteiger partial charge is 0.277 e. The summed E-state index contributed by atoms with van der Waals surface area (Å²) in [4.78, 5) is 11.7. The van der Waals surface area contributed by atoms with E-state index >= 15 is 0 Å². The van der Waals surface area contributed by atoms with Gasteiger partial charge in [0.25, 0.3) is 5.91 Å². The SMILES string of the molecule is CC(C)(C)N(O)C(=O)c1ccccc1.[Pd]. The Morgan fingerprint density at radius 3 is 2.07 bits per heavy atom. The predicted octanol–water partition coefficient (Wildman–Crippen LogP) is 2.31. The summed E-state index contributed by atoms with van der Waals surface area (Å²) < 4.78 is 0. The molecule has 0 fully saturated rings. The maximum absolute atomic E-state index is 11.7. The molecule has 15 heavy (non-hydrogen) atoms. The molecule has 0 aliphatic rings. The van der Waals surface area contributed by atoms with Gasteiger partial charge < -0.3 is 0 Å². The molecule has 0 aliphatic carbocycles. The van der Waals surface area contributed by atoms with Crippen molar-refractivity contribution in [2.24, 2.45) is 0 Å². The molecule has 0 saturated heterocycles. The molecule has 0 bridgehead atoms. The van der Waals surface area contributed by atoms with Crippen LogP contribution in [0.25, 0.3) is 0 Å². The average molecular weight is 300 g/mol. The second-order valence-electron chi connectivity index (χ2n) is 4.15. The van der Waals surface area contributed by atoms with Gasteiger partial charge in [0.1, 0.15) is 0 Å². The van der Waals surface area contributed by atoms with Crippen LogP contribution in [0, 0.1) is 0 Å². The van der Waals surface area contributed by atoms with Crippen molar-refractivity contribution in [1.29, 1.82) is 0 Å². The molecule has 0 atom stereocenters. The Labute approximate surface area is 104 Å². The van der Waals surface area contributed by atoms with Gasteiger partial charge in [-0.3, -0.25) is 10.0 Å². The molecule has 1 rings (SSSR count). The summed E-state index contributed by atoms with van der Waals surface area (Å²) >= 11 is 0. The molecular weight excluding hydrogens is 285 g/mol. The van der Waals surface area contributed by atoms with Crippen molar-refractivity contribution in [2.75, 3.05) is 0 Å². The van der Waals surface area contributed by atoms with E-state index in [9.17, 15) is 10.0 Å². The number of carbonyl (C=O) groups is 1. The minimum absolute atomic E-state index is 0. The van der Waals surface area contributed by atoms with Crippen molar-refractivity contribution in [1.82, 2.24) is 5.06 Å². The van der Waals surface area contributed by atoms with Crippen LogP contribution < -0.4 is 0 Å². The van der Waals surface area contributed by atoms with Crippen LogP contribution in [0.1, 0.15) is 31.1 Å². The average Bonchev–Trinajstić information content (AvgIpc) is 2.15. The largest absolute Gasteiger partial charge is 0.285 e. The number of rotatable bonds is 1. The van der Waals surface area contributed by atoms with E-state index < -0.39 is 5.54 Å². The fourth-order valence-corrected chi connectivity index (χ4v) is 1.01. The van der Waals surface area contributed by atoms with Gasteiger partial charge in [-0.1, -0.05) is 18.2 Å². The first kappa shape index (κ1) is 14.3. The first-order valence-electron chi connectivity index (χ1n) is 4.51. The van der Waals surface area contributed by atoms with Crippen molar-refractivity contribution in [2.45, 2.75) is 26.3 Å². The second kappa shape index (κ2) is 5.41. The molecule has 0 saturated carbocycles. The van der Waals surface area contributed by atoms with Crippen LogP contribution in [-0.2, 0) is 20.4 Å². The Kier molecular flexibility index (Phi) is 5.16. The summed E-state index contributed by atoms with van der Waals surface area (Å²) in [5, 5.41) is 10.3. The van der Waals surface area contributed by atoms with Gasteiger partial charge in [-0.2, -0.15) is 0 Å². The molecule has 0 aliphatic heterocycles. The molecule has 0 radical (unpaired) electrons. The Balaban J connectivity index is 0.00000196. The molecule has 3 nitrogen and oxygen atoms in total. The van der Waals surface area contributed by atoms with Crippen LogP contribution >= 0.6 is 0 Å². The number of amides is 1. The van der Waals surface area contributed by atoms with Crippen molar-refractivity contribution >= 4 is 5.91 Å². The molecule has 1 amide bonds. The van der Waals surface area contributed by atoms with Crippen molar-refractivity contribution in [3.05, 3.63) is 35.9 Å². The van der Waals surface area contributed by atoms with Gasteiger partial charge in [-0.15, -0.1) is 0 Å². The summed E-state index contributed by atoms with van der Waals surface area (Å²) in [6.07, 6.45) is 0. The van der Waals surface area contributed by atoms with E-state index in [0.717, 1.165) is 5.06 Å². The topological polar surface area (TPSA) is 40.5 Å². The Bertz CT molecular complexity index is 319. The quantitative estimate of drug-likeness (QED) is 0.491. The zero-order valence-corrected chi connectivity index (χ0v) is 10.6. The summed E-state index contributed by atoms with van der Waals surface area (Å²) in [5.74, 6) is -0.377. The fraction of sp³-hybridized carbons (Fsp3) is 0.364. The second-order valence-corrected chi connectivity index (χ2v) is 4.15. The summed E-state index contributed by atoms with van der Waals surface area (Å²) in [7, 11) is 0. The minimum Gasteiger partial charge on any atom is -0.285 e. The maximum atomic E-state index is 11.7. The number of nitrogens with zero attached hydrogens (tertiary/aromatic N) is 1. The van der Waals surface area contributed by atoms with E-state index in [1.165, 1.54) is 0 Å². The summed E-state index contributed by atoms with van der Waals surface area (Å²) in [5.41, 5.74) is -0.0858. The summed E-state index contributed by atoms with van der Waals surface area (Å²) in [6, 6.07) is 8.72. The third-order valence-corrected chi connectivity index (χ3v) is 1.85. The molecule has 1 N–H and O–H groups in total. The standard InChI is InChI=1S/C11H15NO2.Pd/c1-11(2,3)12(14)10(13)9-7-5-4-6-8-9;/h4-8,14H,1-3H3;. The van der Waals surface area contributed by atoms with Gasteiger partial charge in [0.05, 0.1) is 5.54 Å². The third kappa shape index (κ3) is 3.75. The number of hydrogen-bond acceptors (Lipinski definition) is 2. The van der Waals surface area contributed by atoms with Crippen LogP contribution in [0.15, 0.2) is 30.3 Å². The minimum atomic E-state index is -0.576. The molecule has 86 valence electrons. The Morgan fingerprint density at radius 2 is 1.67 bits per heavy atom. The van der Waals surface area contributed by atoms with E-state index in [2.05, 4.69) is 0 Å². The molecule has 0 aromatic heterocycles. The number of hydroxylamine groups is 2. The molecule has 1 aromatic carbocycles. The van der Waals surface area contributed by atoms with E-state index in [0.29, 0.717) is 5.56 Å². The van der Waals surface area contributed by atoms with E-state index in [4.69, 9.17) is 0 Å². The number of carbonyl (C=O) groups excluding carboxylic acids is 1. The Hall–Kier alpha value is -0.688.